The number of carbonyl (C=O) groups excluding carboxylic acids is 2. The summed E-state index contributed by atoms with van der Waals surface area (Å²) >= 11 is 0. The van der Waals surface area contributed by atoms with E-state index in [2.05, 4.69) is 9.80 Å². The highest BCUT2D eigenvalue weighted by Crippen LogP contribution is 2.19. The molecule has 1 aromatic rings. The van der Waals surface area contributed by atoms with Gasteiger partial charge in [-0.05, 0) is 64.5 Å². The van der Waals surface area contributed by atoms with Crippen molar-refractivity contribution in [3.05, 3.63) is 23.5 Å². The Balaban J connectivity index is 1.45. The predicted octanol–water partition coefficient (Wildman–Crippen LogP) is 2.90. The molecule has 0 radical (unpaired) electrons. The van der Waals surface area contributed by atoms with Gasteiger partial charge in [0.2, 0.25) is 11.8 Å². The van der Waals surface area contributed by atoms with Crippen molar-refractivity contribution >= 4 is 11.8 Å². The highest BCUT2D eigenvalue weighted by Gasteiger charge is 2.23. The van der Waals surface area contributed by atoms with Crippen molar-refractivity contribution in [3.63, 3.8) is 0 Å². The number of pyridine rings is 1. The molecule has 4 rings (SSSR count). The number of ether oxygens (including phenoxy) is 1. The molecule has 1 aromatic heterocycles. The van der Waals surface area contributed by atoms with Crippen LogP contribution in [0.4, 0.5) is 0 Å². The van der Waals surface area contributed by atoms with Crippen molar-refractivity contribution in [1.29, 1.82) is 0 Å². The molecule has 0 aromatic carbocycles. The lowest BCUT2D eigenvalue weighted by Gasteiger charge is -2.31. The third-order valence-corrected chi connectivity index (χ3v) is 7.50. The molecule has 0 unspecified atom stereocenters. The maximum absolute atomic E-state index is 13.0. The predicted molar refractivity (Wildman–Crippen MR) is 136 cm³/mol. The van der Waals surface area contributed by atoms with Crippen LogP contribution in [0.15, 0.2) is 12.1 Å². The largest absolute Gasteiger partial charge is 0.497 e. The highest BCUT2D eigenvalue weighted by atomic mass is 16.5. The minimum atomic E-state index is 0.238. The fraction of sp³-hybridized carbons (Fsp3) is 0.741. The lowest BCUT2D eigenvalue weighted by atomic mass is 10.1. The molecule has 2 saturated heterocycles. The van der Waals surface area contributed by atoms with Crippen LogP contribution in [-0.4, -0.2) is 95.9 Å². The number of rotatable bonds is 5. The van der Waals surface area contributed by atoms with Gasteiger partial charge in [-0.15, -0.1) is 0 Å². The molecule has 0 spiro atoms. The Bertz CT molecular complexity index is 774. The van der Waals surface area contributed by atoms with Gasteiger partial charge in [0.25, 0.3) is 0 Å². The highest BCUT2D eigenvalue weighted by molar-refractivity contribution is 5.78. The van der Waals surface area contributed by atoms with E-state index in [-0.39, 0.29) is 11.8 Å². The molecule has 0 N–H and O–H groups in total. The van der Waals surface area contributed by atoms with Crippen LogP contribution in [0.25, 0.3) is 0 Å². The maximum atomic E-state index is 13.0. The molecule has 3 aliphatic heterocycles. The zero-order chi connectivity index (χ0) is 24.5. The first-order chi connectivity index (χ1) is 17.1. The van der Waals surface area contributed by atoms with E-state index in [1.165, 1.54) is 12.8 Å². The summed E-state index contributed by atoms with van der Waals surface area (Å²) in [7, 11) is 1.68. The van der Waals surface area contributed by atoms with Crippen LogP contribution in [0.2, 0.25) is 0 Å². The number of hydrogen-bond donors (Lipinski definition) is 0. The molecule has 0 atom stereocenters. The summed E-state index contributed by atoms with van der Waals surface area (Å²) in [5.41, 5.74) is 1.85. The molecule has 3 aliphatic rings. The Kier molecular flexibility index (Phi) is 9.77. The fourth-order valence-corrected chi connectivity index (χ4v) is 5.50. The monoisotopic (exact) mass is 485 g/mol. The summed E-state index contributed by atoms with van der Waals surface area (Å²) < 4.78 is 5.59. The van der Waals surface area contributed by atoms with Crippen molar-refractivity contribution in [1.82, 2.24) is 24.6 Å². The van der Waals surface area contributed by atoms with Gasteiger partial charge in [0.05, 0.1) is 31.6 Å². The van der Waals surface area contributed by atoms with Gasteiger partial charge in [0.15, 0.2) is 0 Å². The zero-order valence-corrected chi connectivity index (χ0v) is 21.6. The van der Waals surface area contributed by atoms with Crippen molar-refractivity contribution in [3.8, 4) is 5.75 Å². The van der Waals surface area contributed by atoms with Crippen molar-refractivity contribution in [2.45, 2.75) is 70.9 Å². The topological polar surface area (TPSA) is 69.2 Å². The quantitative estimate of drug-likeness (QED) is 0.639. The smallest absolute Gasteiger partial charge is 0.236 e. The van der Waals surface area contributed by atoms with E-state index >= 15 is 0 Å². The van der Waals surface area contributed by atoms with Gasteiger partial charge in [-0.25, -0.2) is 0 Å². The second-order valence-electron chi connectivity index (χ2n) is 10.4. The standard InChI is InChI=1S/C27H43N5O3/c1-35-25-17-23-19-29(21-26(33)31-13-7-3-8-14-31)11-5-2-6-12-30(20-24(18-25)28-23)22-27(34)32-15-9-4-10-16-32/h17-18H,2-16,19-22H2,1H3. The average molecular weight is 486 g/mol. The molecule has 0 saturated carbocycles. The number of fused-ring (bicyclic) bond motifs is 2. The van der Waals surface area contributed by atoms with Crippen LogP contribution in [0.1, 0.15) is 69.2 Å². The number of methoxy groups -OCH3 is 1. The van der Waals surface area contributed by atoms with Gasteiger partial charge < -0.3 is 14.5 Å². The zero-order valence-electron chi connectivity index (χ0n) is 21.6. The summed E-state index contributed by atoms with van der Waals surface area (Å²) in [6.45, 7) is 7.48. The Labute approximate surface area is 210 Å². The number of likely N-dealkylation sites (tertiary alicyclic amines) is 2. The number of hydrogen-bond acceptors (Lipinski definition) is 6. The molecule has 8 nitrogen and oxygen atoms in total. The summed E-state index contributed by atoms with van der Waals surface area (Å²) in [5.74, 6) is 1.26. The van der Waals surface area contributed by atoms with E-state index in [9.17, 15) is 9.59 Å². The Hall–Kier alpha value is -2.19. The summed E-state index contributed by atoms with van der Waals surface area (Å²) in [4.78, 5) is 39.4. The molecule has 2 bridgehead atoms. The lowest BCUT2D eigenvalue weighted by Crippen LogP contribution is -2.43. The normalized spacial score (nSPS) is 21.2. The molecule has 2 amide bonds. The Morgan fingerprint density at radius 3 is 1.49 bits per heavy atom. The minimum Gasteiger partial charge on any atom is -0.497 e. The van der Waals surface area contributed by atoms with Crippen LogP contribution in [0.3, 0.4) is 0 Å². The van der Waals surface area contributed by atoms with Crippen molar-refractivity contribution in [2.75, 3.05) is 59.5 Å². The molecule has 35 heavy (non-hydrogen) atoms. The van der Waals surface area contributed by atoms with E-state index in [1.807, 2.05) is 21.9 Å². The number of aromatic nitrogens is 1. The average Bonchev–Trinajstić information content (AvgIpc) is 2.88. The van der Waals surface area contributed by atoms with E-state index in [4.69, 9.17) is 9.72 Å². The summed E-state index contributed by atoms with van der Waals surface area (Å²) in [6, 6.07) is 3.97. The second kappa shape index (κ2) is 13.2. The summed E-state index contributed by atoms with van der Waals surface area (Å²) in [5, 5.41) is 0. The molecular formula is C27H43N5O3. The second-order valence-corrected chi connectivity index (χ2v) is 10.4. The van der Waals surface area contributed by atoms with Gasteiger partial charge >= 0.3 is 0 Å². The van der Waals surface area contributed by atoms with Crippen LogP contribution < -0.4 is 4.74 Å². The molecule has 194 valence electrons. The van der Waals surface area contributed by atoms with Crippen molar-refractivity contribution in [2.24, 2.45) is 0 Å². The minimum absolute atomic E-state index is 0.238. The van der Waals surface area contributed by atoms with Crippen LogP contribution >= 0.6 is 0 Å². The van der Waals surface area contributed by atoms with Crippen LogP contribution in [-0.2, 0) is 22.7 Å². The summed E-state index contributed by atoms with van der Waals surface area (Å²) in [6.07, 6.45) is 10.1. The maximum Gasteiger partial charge on any atom is 0.236 e. The van der Waals surface area contributed by atoms with E-state index in [0.717, 1.165) is 101 Å². The van der Waals surface area contributed by atoms with Crippen LogP contribution in [0.5, 0.6) is 5.75 Å². The first-order valence-electron chi connectivity index (χ1n) is 13.6. The molecule has 2 fully saturated rings. The van der Waals surface area contributed by atoms with Crippen LogP contribution in [0, 0.1) is 0 Å². The fourth-order valence-electron chi connectivity index (χ4n) is 5.50. The third kappa shape index (κ3) is 7.90. The number of carbonyl (C=O) groups is 2. The number of amides is 2. The van der Waals surface area contributed by atoms with E-state index < -0.39 is 0 Å². The molecule has 8 heteroatoms. The number of nitrogens with zero attached hydrogens (tertiary/aromatic N) is 5. The molecular weight excluding hydrogens is 442 g/mol. The SMILES string of the molecule is COc1cc2nc(c1)CN(CC(=O)N1CCCCC1)CCCCCN(CC(=O)N1CCCCC1)C2. The number of piperidine rings is 2. The van der Waals surface area contributed by atoms with E-state index in [1.54, 1.807) is 7.11 Å². The first kappa shape index (κ1) is 25.9. The van der Waals surface area contributed by atoms with Gasteiger partial charge in [-0.3, -0.25) is 24.4 Å². The van der Waals surface area contributed by atoms with Gasteiger partial charge in [-0.2, -0.15) is 0 Å². The molecule has 4 heterocycles. The van der Waals surface area contributed by atoms with Gasteiger partial charge in [0, 0.05) is 51.4 Å². The Morgan fingerprint density at radius 1 is 0.686 bits per heavy atom. The first-order valence-corrected chi connectivity index (χ1v) is 13.6. The van der Waals surface area contributed by atoms with Crippen molar-refractivity contribution < 1.29 is 14.3 Å². The van der Waals surface area contributed by atoms with E-state index in [0.29, 0.717) is 26.2 Å². The third-order valence-electron chi connectivity index (χ3n) is 7.50. The van der Waals surface area contributed by atoms with Gasteiger partial charge in [-0.1, -0.05) is 6.42 Å². The van der Waals surface area contributed by atoms with Gasteiger partial charge in [0.1, 0.15) is 5.75 Å². The Morgan fingerprint density at radius 2 is 1.09 bits per heavy atom. The lowest BCUT2D eigenvalue weighted by molar-refractivity contribution is -0.134. The molecule has 0 aliphatic carbocycles.